The molecule has 2 aromatic carbocycles. The van der Waals surface area contributed by atoms with Gasteiger partial charge in [0.2, 0.25) is 6.79 Å². The SMILES string of the molecule is CCN(Cc1ccc2c(c1)OCO2)C(=O)COC(=O)c1ccccc1[S@@](C)=O. The first kappa shape index (κ1) is 19.9. The van der Waals surface area contributed by atoms with Crippen LogP contribution in [-0.2, 0) is 26.9 Å². The van der Waals surface area contributed by atoms with Crippen molar-refractivity contribution in [2.45, 2.75) is 18.4 Å². The first-order valence-electron chi connectivity index (χ1n) is 8.75. The fraction of sp³-hybridized carbons (Fsp3) is 0.300. The number of hydrogen-bond donors (Lipinski definition) is 0. The predicted octanol–water partition coefficient (Wildman–Crippen LogP) is 2.36. The van der Waals surface area contributed by atoms with E-state index in [4.69, 9.17) is 14.2 Å². The minimum atomic E-state index is -1.33. The number of amides is 1. The van der Waals surface area contributed by atoms with Crippen LogP contribution in [0.5, 0.6) is 11.5 Å². The Kier molecular flexibility index (Phi) is 6.30. The van der Waals surface area contributed by atoms with E-state index < -0.39 is 16.8 Å². The van der Waals surface area contributed by atoms with Crippen LogP contribution in [0.4, 0.5) is 0 Å². The monoisotopic (exact) mass is 403 g/mol. The third kappa shape index (κ3) is 4.51. The lowest BCUT2D eigenvalue weighted by atomic mass is 10.2. The fourth-order valence-corrected chi connectivity index (χ4v) is 3.55. The summed E-state index contributed by atoms with van der Waals surface area (Å²) in [6, 6.07) is 12.0. The lowest BCUT2D eigenvalue weighted by Crippen LogP contribution is -2.34. The zero-order valence-corrected chi connectivity index (χ0v) is 16.5. The quantitative estimate of drug-likeness (QED) is 0.660. The lowest BCUT2D eigenvalue weighted by Gasteiger charge is -2.21. The van der Waals surface area contributed by atoms with E-state index in [1.165, 1.54) is 12.3 Å². The molecule has 1 atom stereocenters. The molecule has 0 fully saturated rings. The molecule has 0 bridgehead atoms. The Hall–Kier alpha value is -2.87. The molecule has 3 rings (SSSR count). The van der Waals surface area contributed by atoms with Crippen LogP contribution in [0.25, 0.3) is 0 Å². The standard InChI is InChI=1S/C20H21NO6S/c1-3-21(11-14-8-9-16-17(10-14)27-13-26-16)19(22)12-25-20(23)15-6-4-5-7-18(15)28(2)24/h4-10H,3,11-13H2,1-2H3/t28-/m1/s1. The maximum atomic E-state index is 12.5. The van der Waals surface area contributed by atoms with Crippen LogP contribution in [0.2, 0.25) is 0 Å². The second-order valence-corrected chi connectivity index (χ2v) is 7.47. The van der Waals surface area contributed by atoms with Crippen molar-refractivity contribution in [3.05, 3.63) is 53.6 Å². The Morgan fingerprint density at radius 1 is 1.14 bits per heavy atom. The topological polar surface area (TPSA) is 82.1 Å². The van der Waals surface area contributed by atoms with Gasteiger partial charge < -0.3 is 19.1 Å². The van der Waals surface area contributed by atoms with Crippen LogP contribution in [0.15, 0.2) is 47.4 Å². The Bertz CT molecular complexity index is 913. The van der Waals surface area contributed by atoms with Crippen molar-refractivity contribution >= 4 is 22.7 Å². The number of likely N-dealkylation sites (N-methyl/N-ethyl adjacent to an activating group) is 1. The number of ether oxygens (including phenoxy) is 3. The summed E-state index contributed by atoms with van der Waals surface area (Å²) in [5.74, 6) is 0.345. The Labute approximate surface area is 165 Å². The molecule has 8 heteroatoms. The normalized spacial score (nSPS) is 13.1. The van der Waals surface area contributed by atoms with Crippen molar-refractivity contribution in [1.82, 2.24) is 4.90 Å². The van der Waals surface area contributed by atoms with Crippen molar-refractivity contribution < 1.29 is 28.0 Å². The van der Waals surface area contributed by atoms with Gasteiger partial charge in [0.05, 0.1) is 21.3 Å². The van der Waals surface area contributed by atoms with E-state index in [0.717, 1.165) is 5.56 Å². The van der Waals surface area contributed by atoms with Gasteiger partial charge in [-0.1, -0.05) is 18.2 Å². The van der Waals surface area contributed by atoms with Crippen molar-refractivity contribution in [3.63, 3.8) is 0 Å². The van der Waals surface area contributed by atoms with E-state index in [2.05, 4.69) is 0 Å². The Balaban J connectivity index is 1.61. The van der Waals surface area contributed by atoms with Gasteiger partial charge in [-0.3, -0.25) is 9.00 Å². The van der Waals surface area contributed by atoms with Crippen LogP contribution in [-0.4, -0.2) is 47.2 Å². The number of rotatable bonds is 7. The molecular weight excluding hydrogens is 382 g/mol. The summed E-state index contributed by atoms with van der Waals surface area (Å²) in [4.78, 5) is 26.8. The summed E-state index contributed by atoms with van der Waals surface area (Å²) in [7, 11) is -1.33. The molecule has 2 aromatic rings. The lowest BCUT2D eigenvalue weighted by molar-refractivity contribution is -0.134. The Morgan fingerprint density at radius 3 is 2.64 bits per heavy atom. The number of carbonyl (C=O) groups is 2. The zero-order valence-electron chi connectivity index (χ0n) is 15.7. The van der Waals surface area contributed by atoms with E-state index in [1.807, 2.05) is 19.1 Å². The van der Waals surface area contributed by atoms with Gasteiger partial charge in [0.1, 0.15) is 0 Å². The number of hydrogen-bond acceptors (Lipinski definition) is 6. The summed E-state index contributed by atoms with van der Waals surface area (Å²) >= 11 is 0. The predicted molar refractivity (Wildman–Crippen MR) is 103 cm³/mol. The molecule has 1 aliphatic rings. The second kappa shape index (κ2) is 8.88. The average molecular weight is 403 g/mol. The minimum Gasteiger partial charge on any atom is -0.454 e. The highest BCUT2D eigenvalue weighted by atomic mass is 32.2. The molecule has 7 nitrogen and oxygen atoms in total. The molecule has 0 radical (unpaired) electrons. The van der Waals surface area contributed by atoms with Gasteiger partial charge in [-0.05, 0) is 36.8 Å². The first-order valence-corrected chi connectivity index (χ1v) is 10.3. The van der Waals surface area contributed by atoms with E-state index in [9.17, 15) is 13.8 Å². The molecule has 148 valence electrons. The highest BCUT2D eigenvalue weighted by Gasteiger charge is 2.20. The van der Waals surface area contributed by atoms with Gasteiger partial charge in [0.25, 0.3) is 5.91 Å². The summed E-state index contributed by atoms with van der Waals surface area (Å²) in [5.41, 5.74) is 1.09. The summed E-state index contributed by atoms with van der Waals surface area (Å²) in [5, 5.41) is 0. The van der Waals surface area contributed by atoms with E-state index in [-0.39, 0.29) is 24.9 Å². The maximum Gasteiger partial charge on any atom is 0.339 e. The molecule has 1 heterocycles. The molecule has 0 saturated carbocycles. The van der Waals surface area contributed by atoms with E-state index >= 15 is 0 Å². The molecule has 0 unspecified atom stereocenters. The smallest absolute Gasteiger partial charge is 0.339 e. The van der Waals surface area contributed by atoms with Gasteiger partial charge in [-0.25, -0.2) is 4.79 Å². The van der Waals surface area contributed by atoms with Gasteiger partial charge in [-0.15, -0.1) is 0 Å². The van der Waals surface area contributed by atoms with Crippen LogP contribution >= 0.6 is 0 Å². The molecule has 28 heavy (non-hydrogen) atoms. The van der Waals surface area contributed by atoms with Crippen molar-refractivity contribution in [2.24, 2.45) is 0 Å². The molecular formula is C20H21NO6S. The summed E-state index contributed by atoms with van der Waals surface area (Å²) in [6.07, 6.45) is 1.49. The average Bonchev–Trinajstić information content (AvgIpc) is 3.17. The van der Waals surface area contributed by atoms with Crippen LogP contribution in [0.1, 0.15) is 22.8 Å². The number of benzene rings is 2. The van der Waals surface area contributed by atoms with Gasteiger partial charge >= 0.3 is 5.97 Å². The van der Waals surface area contributed by atoms with E-state index in [0.29, 0.717) is 29.5 Å². The number of nitrogens with zero attached hydrogens (tertiary/aromatic N) is 1. The summed E-state index contributed by atoms with van der Waals surface area (Å²) in [6.45, 7) is 2.47. The largest absolute Gasteiger partial charge is 0.454 e. The van der Waals surface area contributed by atoms with Gasteiger partial charge in [0, 0.05) is 19.3 Å². The van der Waals surface area contributed by atoms with Crippen molar-refractivity contribution in [2.75, 3.05) is 26.2 Å². The third-order valence-corrected chi connectivity index (χ3v) is 5.26. The number of esters is 1. The van der Waals surface area contributed by atoms with Crippen molar-refractivity contribution in [1.29, 1.82) is 0 Å². The highest BCUT2D eigenvalue weighted by Crippen LogP contribution is 2.32. The van der Waals surface area contributed by atoms with Crippen molar-refractivity contribution in [3.8, 4) is 11.5 Å². The van der Waals surface area contributed by atoms with Crippen LogP contribution < -0.4 is 9.47 Å². The zero-order chi connectivity index (χ0) is 20.1. The van der Waals surface area contributed by atoms with Crippen LogP contribution in [0, 0.1) is 0 Å². The van der Waals surface area contributed by atoms with E-state index in [1.54, 1.807) is 29.2 Å². The number of fused-ring (bicyclic) bond motifs is 1. The molecule has 0 aliphatic carbocycles. The third-order valence-electron chi connectivity index (χ3n) is 4.29. The second-order valence-electron chi connectivity index (χ2n) is 6.12. The molecule has 0 N–H and O–H groups in total. The molecule has 1 amide bonds. The van der Waals surface area contributed by atoms with Crippen LogP contribution in [0.3, 0.4) is 0 Å². The fourth-order valence-electron chi connectivity index (χ4n) is 2.82. The Morgan fingerprint density at radius 2 is 1.89 bits per heavy atom. The first-order chi connectivity index (χ1) is 13.5. The highest BCUT2D eigenvalue weighted by molar-refractivity contribution is 7.84. The van der Waals surface area contributed by atoms with Gasteiger partial charge in [-0.2, -0.15) is 0 Å². The maximum absolute atomic E-state index is 12.5. The molecule has 0 aromatic heterocycles. The molecule has 1 aliphatic heterocycles. The van der Waals surface area contributed by atoms with Gasteiger partial charge in [0.15, 0.2) is 18.1 Å². The summed E-state index contributed by atoms with van der Waals surface area (Å²) < 4.78 is 27.6. The minimum absolute atomic E-state index is 0.190. The molecule has 0 saturated heterocycles. The molecule has 0 spiro atoms. The number of carbonyl (C=O) groups excluding carboxylic acids is 2.